The maximum atomic E-state index is 12.7. The zero-order chi connectivity index (χ0) is 19.7. The number of pyridine rings is 1. The Kier molecular flexibility index (Phi) is 5.19. The van der Waals surface area contributed by atoms with Crippen molar-refractivity contribution in [1.29, 1.82) is 0 Å². The second kappa shape index (κ2) is 7.77. The van der Waals surface area contributed by atoms with E-state index >= 15 is 0 Å². The molecule has 4 rings (SSSR count). The van der Waals surface area contributed by atoms with Gasteiger partial charge in [0.15, 0.2) is 5.65 Å². The van der Waals surface area contributed by atoms with Gasteiger partial charge >= 0.3 is 0 Å². The molecule has 150 valence electrons. The zero-order valence-electron chi connectivity index (χ0n) is 16.4. The molecule has 8 heteroatoms. The maximum absolute atomic E-state index is 12.7. The first-order chi connectivity index (χ1) is 13.5. The summed E-state index contributed by atoms with van der Waals surface area (Å²) in [6.07, 6.45) is 8.90. The number of hydrogen-bond acceptors (Lipinski definition) is 6. The molecule has 1 aliphatic heterocycles. The second-order valence-electron chi connectivity index (χ2n) is 7.96. The van der Waals surface area contributed by atoms with Gasteiger partial charge in [-0.3, -0.25) is 14.2 Å². The summed E-state index contributed by atoms with van der Waals surface area (Å²) in [5.74, 6) is 0.635. The number of nitrogens with one attached hydrogen (secondary N) is 1. The Bertz CT molecular complexity index is 926. The van der Waals surface area contributed by atoms with Gasteiger partial charge in [0.2, 0.25) is 11.9 Å². The first-order valence-corrected chi connectivity index (χ1v) is 10.2. The predicted molar refractivity (Wildman–Crippen MR) is 109 cm³/mol. The molecule has 1 saturated carbocycles. The van der Waals surface area contributed by atoms with Crippen LogP contribution in [-0.2, 0) is 4.79 Å². The Morgan fingerprint density at radius 2 is 1.89 bits per heavy atom. The minimum absolute atomic E-state index is 0.0867. The van der Waals surface area contributed by atoms with Crippen molar-refractivity contribution in [1.82, 2.24) is 19.4 Å². The topological polar surface area (TPSA) is 106 Å². The lowest BCUT2D eigenvalue weighted by Crippen LogP contribution is -2.41. The van der Waals surface area contributed by atoms with Crippen LogP contribution in [-0.4, -0.2) is 44.5 Å². The number of nitrogens with two attached hydrogens (primary N) is 1. The minimum Gasteiger partial charge on any atom is -0.398 e. The molecule has 0 bridgehead atoms. The van der Waals surface area contributed by atoms with Crippen LogP contribution in [0.4, 0.5) is 11.6 Å². The van der Waals surface area contributed by atoms with Crippen molar-refractivity contribution in [3.05, 3.63) is 22.6 Å². The van der Waals surface area contributed by atoms with Crippen LogP contribution >= 0.6 is 0 Å². The third-order valence-electron chi connectivity index (χ3n) is 6.04. The van der Waals surface area contributed by atoms with E-state index in [-0.39, 0.29) is 23.6 Å². The van der Waals surface area contributed by atoms with Gasteiger partial charge in [0.25, 0.3) is 5.56 Å². The fourth-order valence-electron chi connectivity index (χ4n) is 4.43. The molecule has 0 atom stereocenters. The molecule has 0 aromatic carbocycles. The van der Waals surface area contributed by atoms with E-state index in [9.17, 15) is 9.59 Å². The van der Waals surface area contributed by atoms with Crippen molar-refractivity contribution in [2.45, 2.75) is 64.0 Å². The van der Waals surface area contributed by atoms with Gasteiger partial charge < -0.3 is 16.0 Å². The van der Waals surface area contributed by atoms with Gasteiger partial charge in [0, 0.05) is 50.0 Å². The number of anilines is 2. The molecule has 2 aromatic heterocycles. The summed E-state index contributed by atoms with van der Waals surface area (Å²) in [7, 11) is 0. The predicted octanol–water partition coefficient (Wildman–Crippen LogP) is 2.30. The Morgan fingerprint density at radius 3 is 2.57 bits per heavy atom. The summed E-state index contributed by atoms with van der Waals surface area (Å²) in [5.41, 5.74) is 7.04. The van der Waals surface area contributed by atoms with Crippen LogP contribution < -0.4 is 16.6 Å². The van der Waals surface area contributed by atoms with Gasteiger partial charge in [-0.2, -0.15) is 4.98 Å². The smallest absolute Gasteiger partial charge is 0.254 e. The molecular formula is C20H28N6O2. The molecule has 8 nitrogen and oxygen atoms in total. The largest absolute Gasteiger partial charge is 0.398 e. The molecule has 2 fully saturated rings. The second-order valence-corrected chi connectivity index (χ2v) is 7.96. The SMILES string of the molecule is CC(=O)N1CCC(Nc2ncc3c(N)cc(=O)n(C4CCCCC4)c3n2)CC1. The summed E-state index contributed by atoms with van der Waals surface area (Å²) in [4.78, 5) is 35.2. The lowest BCUT2D eigenvalue weighted by molar-refractivity contribution is -0.129. The molecule has 2 aliphatic rings. The van der Waals surface area contributed by atoms with Crippen molar-refractivity contribution in [2.75, 3.05) is 24.1 Å². The summed E-state index contributed by atoms with van der Waals surface area (Å²) in [6, 6.07) is 1.88. The van der Waals surface area contributed by atoms with Gasteiger partial charge in [0.05, 0.1) is 5.39 Å². The van der Waals surface area contributed by atoms with Gasteiger partial charge in [-0.1, -0.05) is 19.3 Å². The zero-order valence-corrected chi connectivity index (χ0v) is 16.4. The molecule has 3 N–H and O–H groups in total. The van der Waals surface area contributed by atoms with Crippen molar-refractivity contribution in [2.24, 2.45) is 0 Å². The average Bonchev–Trinajstić information content (AvgIpc) is 2.69. The minimum atomic E-state index is -0.0867. The summed E-state index contributed by atoms with van der Waals surface area (Å²) in [6.45, 7) is 3.08. The number of nitrogens with zero attached hydrogens (tertiary/aromatic N) is 4. The first-order valence-electron chi connectivity index (χ1n) is 10.2. The number of carbonyl (C=O) groups excluding carboxylic acids is 1. The molecule has 0 unspecified atom stereocenters. The number of likely N-dealkylation sites (tertiary alicyclic amines) is 1. The van der Waals surface area contributed by atoms with Crippen molar-refractivity contribution in [3.8, 4) is 0 Å². The standard InChI is InChI=1S/C20H28N6O2/c1-13(27)25-9-7-14(8-10-25)23-20-22-12-16-17(21)11-18(28)26(19(16)24-20)15-5-3-2-4-6-15/h11-12,14-15H,2-10,21H2,1H3,(H,22,23,24). The third-order valence-corrected chi connectivity index (χ3v) is 6.04. The van der Waals surface area contributed by atoms with Crippen molar-refractivity contribution >= 4 is 28.6 Å². The number of amides is 1. The van der Waals surface area contributed by atoms with Crippen molar-refractivity contribution < 1.29 is 4.79 Å². The number of nitrogen functional groups attached to an aromatic ring is 1. The Hall–Kier alpha value is -2.64. The third kappa shape index (κ3) is 3.68. The maximum Gasteiger partial charge on any atom is 0.254 e. The highest BCUT2D eigenvalue weighted by molar-refractivity contribution is 5.87. The number of aromatic nitrogens is 3. The molecule has 3 heterocycles. The Balaban J connectivity index is 1.62. The highest BCUT2D eigenvalue weighted by atomic mass is 16.2. The fraction of sp³-hybridized carbons (Fsp3) is 0.600. The van der Waals surface area contributed by atoms with Crippen LogP contribution in [0.25, 0.3) is 11.0 Å². The summed E-state index contributed by atoms with van der Waals surface area (Å²) < 4.78 is 1.82. The van der Waals surface area contributed by atoms with E-state index in [0.717, 1.165) is 57.0 Å². The van der Waals surface area contributed by atoms with E-state index in [1.165, 1.54) is 12.5 Å². The summed E-state index contributed by atoms with van der Waals surface area (Å²) in [5, 5.41) is 4.11. The highest BCUT2D eigenvalue weighted by Crippen LogP contribution is 2.30. The van der Waals surface area contributed by atoms with Gasteiger partial charge in [0.1, 0.15) is 0 Å². The number of carbonyl (C=O) groups is 1. The monoisotopic (exact) mass is 384 g/mol. The normalized spacial score (nSPS) is 19.1. The van der Waals surface area contributed by atoms with Gasteiger partial charge in [-0.25, -0.2) is 4.98 Å². The fourth-order valence-corrected chi connectivity index (χ4v) is 4.43. The lowest BCUT2D eigenvalue weighted by atomic mass is 9.95. The van der Waals surface area contributed by atoms with E-state index in [1.807, 2.05) is 9.47 Å². The molecular weight excluding hydrogens is 356 g/mol. The van der Waals surface area contributed by atoms with E-state index in [4.69, 9.17) is 10.7 Å². The van der Waals surface area contributed by atoms with E-state index in [2.05, 4.69) is 10.3 Å². The molecule has 0 radical (unpaired) electrons. The number of fused-ring (bicyclic) bond motifs is 1. The average molecular weight is 384 g/mol. The highest BCUT2D eigenvalue weighted by Gasteiger charge is 2.23. The van der Waals surface area contributed by atoms with Crippen LogP contribution in [0.2, 0.25) is 0 Å². The number of piperidine rings is 1. The van der Waals surface area contributed by atoms with E-state index in [1.54, 1.807) is 13.1 Å². The molecule has 28 heavy (non-hydrogen) atoms. The van der Waals surface area contributed by atoms with Crippen LogP contribution in [0.3, 0.4) is 0 Å². The molecule has 1 amide bonds. The number of hydrogen-bond donors (Lipinski definition) is 2. The van der Waals surface area contributed by atoms with Crippen LogP contribution in [0.1, 0.15) is 57.9 Å². The molecule has 1 saturated heterocycles. The van der Waals surface area contributed by atoms with E-state index in [0.29, 0.717) is 17.3 Å². The Morgan fingerprint density at radius 1 is 1.18 bits per heavy atom. The van der Waals surface area contributed by atoms with Gasteiger partial charge in [-0.05, 0) is 25.7 Å². The van der Waals surface area contributed by atoms with Crippen LogP contribution in [0, 0.1) is 0 Å². The first kappa shape index (κ1) is 18.7. The Labute approximate surface area is 164 Å². The van der Waals surface area contributed by atoms with Crippen LogP contribution in [0.15, 0.2) is 17.1 Å². The summed E-state index contributed by atoms with van der Waals surface area (Å²) >= 11 is 0. The van der Waals surface area contributed by atoms with E-state index < -0.39 is 0 Å². The lowest BCUT2D eigenvalue weighted by Gasteiger charge is -2.31. The quantitative estimate of drug-likeness (QED) is 0.841. The molecule has 0 spiro atoms. The molecule has 1 aliphatic carbocycles. The number of rotatable bonds is 3. The van der Waals surface area contributed by atoms with Gasteiger partial charge in [-0.15, -0.1) is 0 Å². The van der Waals surface area contributed by atoms with Crippen LogP contribution in [0.5, 0.6) is 0 Å². The molecule has 2 aromatic rings. The van der Waals surface area contributed by atoms with Crippen molar-refractivity contribution in [3.63, 3.8) is 0 Å².